The minimum atomic E-state index is -0.764. The average molecular weight is 214 g/mol. The highest BCUT2D eigenvalue weighted by atomic mass is 32.2. The smallest absolute Gasteiger partial charge is 0.331 e. The summed E-state index contributed by atoms with van der Waals surface area (Å²) in [4.78, 5) is 10.7. The average Bonchev–Trinajstić information content (AvgIpc) is 2.64. The molecule has 1 N–H and O–H groups in total. The van der Waals surface area contributed by atoms with Crippen LogP contribution in [-0.4, -0.2) is 22.1 Å². The summed E-state index contributed by atoms with van der Waals surface area (Å²) >= 11 is 1.91. The van der Waals surface area contributed by atoms with Gasteiger partial charge in [-0.3, -0.25) is 0 Å². The van der Waals surface area contributed by atoms with E-state index in [-0.39, 0.29) is 0 Å². The molecule has 0 bridgehead atoms. The third-order valence-corrected chi connectivity index (χ3v) is 3.92. The monoisotopic (exact) mass is 214 g/mol. The van der Waals surface area contributed by atoms with E-state index in [1.165, 1.54) is 25.7 Å². The Balaban J connectivity index is 2.26. The first kappa shape index (κ1) is 11.6. The van der Waals surface area contributed by atoms with E-state index in [2.05, 4.69) is 0 Å². The topological polar surface area (TPSA) is 37.3 Å². The van der Waals surface area contributed by atoms with Crippen LogP contribution in [-0.2, 0) is 4.79 Å². The molecule has 0 aromatic rings. The summed E-state index contributed by atoms with van der Waals surface area (Å²) in [6.45, 7) is 1.89. The van der Waals surface area contributed by atoms with Crippen molar-refractivity contribution in [2.45, 2.75) is 44.3 Å². The molecule has 0 aromatic heterocycles. The number of carbonyl (C=O) groups is 1. The van der Waals surface area contributed by atoms with E-state index >= 15 is 0 Å². The van der Waals surface area contributed by atoms with Gasteiger partial charge >= 0.3 is 5.97 Å². The van der Waals surface area contributed by atoms with Crippen LogP contribution < -0.4 is 0 Å². The molecule has 0 atom stereocenters. The van der Waals surface area contributed by atoms with Gasteiger partial charge in [0.05, 0.1) is 0 Å². The minimum Gasteiger partial charge on any atom is -0.478 e. The molecule has 2 nitrogen and oxygen atoms in total. The standard InChI is InChI=1S/C11H18O2S/c1-2-9(11(12)13)7-8-14-10-5-3-4-6-10/h7,10H,2-6,8H2,1H3,(H,12,13). The van der Waals surface area contributed by atoms with E-state index < -0.39 is 5.97 Å². The molecule has 0 unspecified atom stereocenters. The number of aliphatic carboxylic acids is 1. The maximum absolute atomic E-state index is 10.7. The Morgan fingerprint density at radius 1 is 1.50 bits per heavy atom. The van der Waals surface area contributed by atoms with Crippen molar-refractivity contribution < 1.29 is 9.90 Å². The van der Waals surface area contributed by atoms with Gasteiger partial charge in [-0.2, -0.15) is 11.8 Å². The number of carboxylic acids is 1. The first-order valence-electron chi connectivity index (χ1n) is 5.28. The molecule has 80 valence electrons. The molecular weight excluding hydrogens is 196 g/mol. The molecule has 0 saturated heterocycles. The molecule has 1 saturated carbocycles. The zero-order valence-corrected chi connectivity index (χ0v) is 9.48. The minimum absolute atomic E-state index is 0.551. The van der Waals surface area contributed by atoms with Crippen molar-refractivity contribution in [3.63, 3.8) is 0 Å². The summed E-state index contributed by atoms with van der Waals surface area (Å²) in [5.41, 5.74) is 0.551. The highest BCUT2D eigenvalue weighted by molar-refractivity contribution is 8.00. The zero-order chi connectivity index (χ0) is 10.4. The summed E-state index contributed by atoms with van der Waals surface area (Å²) in [6, 6.07) is 0. The molecule has 0 spiro atoms. The molecule has 0 aliphatic heterocycles. The van der Waals surface area contributed by atoms with Crippen molar-refractivity contribution in [1.82, 2.24) is 0 Å². The highest BCUT2D eigenvalue weighted by Gasteiger charge is 2.14. The number of carboxylic acid groups (broad SMARTS) is 1. The van der Waals surface area contributed by atoms with E-state index in [0.29, 0.717) is 12.0 Å². The van der Waals surface area contributed by atoms with Gasteiger partial charge in [0, 0.05) is 16.6 Å². The highest BCUT2D eigenvalue weighted by Crippen LogP contribution is 2.29. The quantitative estimate of drug-likeness (QED) is 0.715. The second-order valence-electron chi connectivity index (χ2n) is 3.63. The summed E-state index contributed by atoms with van der Waals surface area (Å²) in [5.74, 6) is 0.0969. The lowest BCUT2D eigenvalue weighted by molar-refractivity contribution is -0.132. The van der Waals surface area contributed by atoms with Crippen molar-refractivity contribution in [3.05, 3.63) is 11.6 Å². The molecular formula is C11H18O2S. The van der Waals surface area contributed by atoms with Gasteiger partial charge in [-0.25, -0.2) is 4.79 Å². The number of rotatable bonds is 5. The second kappa shape index (κ2) is 6.12. The van der Waals surface area contributed by atoms with E-state index in [1.54, 1.807) is 0 Å². The molecule has 1 aliphatic rings. The number of thioether (sulfide) groups is 1. The second-order valence-corrected chi connectivity index (χ2v) is 4.96. The first-order chi connectivity index (χ1) is 6.74. The summed E-state index contributed by atoms with van der Waals surface area (Å²) < 4.78 is 0. The van der Waals surface area contributed by atoms with Gasteiger partial charge in [0.1, 0.15) is 0 Å². The van der Waals surface area contributed by atoms with Gasteiger partial charge < -0.3 is 5.11 Å². The van der Waals surface area contributed by atoms with E-state index in [9.17, 15) is 4.79 Å². The van der Waals surface area contributed by atoms with Gasteiger partial charge in [0.15, 0.2) is 0 Å². The van der Waals surface area contributed by atoms with Crippen LogP contribution in [0.15, 0.2) is 11.6 Å². The predicted octanol–water partition coefficient (Wildman–Crippen LogP) is 3.08. The lowest BCUT2D eigenvalue weighted by atomic mass is 10.2. The van der Waals surface area contributed by atoms with Crippen molar-refractivity contribution >= 4 is 17.7 Å². The molecule has 3 heteroatoms. The Morgan fingerprint density at radius 3 is 2.64 bits per heavy atom. The van der Waals surface area contributed by atoms with Crippen molar-refractivity contribution in [1.29, 1.82) is 0 Å². The fraction of sp³-hybridized carbons (Fsp3) is 0.727. The van der Waals surface area contributed by atoms with E-state index in [4.69, 9.17) is 5.11 Å². The van der Waals surface area contributed by atoms with Crippen LogP contribution in [0.3, 0.4) is 0 Å². The van der Waals surface area contributed by atoms with E-state index in [1.807, 2.05) is 24.8 Å². The Kier molecular flexibility index (Phi) is 5.09. The van der Waals surface area contributed by atoms with Crippen molar-refractivity contribution in [2.75, 3.05) is 5.75 Å². The van der Waals surface area contributed by atoms with Gasteiger partial charge in [0.25, 0.3) is 0 Å². The SMILES string of the molecule is CCC(=CCSC1CCCC1)C(=O)O. The van der Waals surface area contributed by atoms with Crippen LogP contribution in [0.4, 0.5) is 0 Å². The van der Waals surface area contributed by atoms with Crippen LogP contribution in [0.1, 0.15) is 39.0 Å². The molecule has 1 aliphatic carbocycles. The molecule has 0 aromatic carbocycles. The van der Waals surface area contributed by atoms with Gasteiger partial charge in [-0.15, -0.1) is 0 Å². The maximum Gasteiger partial charge on any atom is 0.331 e. The Hall–Kier alpha value is -0.440. The Labute approximate surface area is 89.8 Å². The molecule has 1 rings (SSSR count). The van der Waals surface area contributed by atoms with Gasteiger partial charge in [0.2, 0.25) is 0 Å². The van der Waals surface area contributed by atoms with Crippen LogP contribution in [0.2, 0.25) is 0 Å². The largest absolute Gasteiger partial charge is 0.478 e. The lowest BCUT2D eigenvalue weighted by Crippen LogP contribution is -2.01. The van der Waals surface area contributed by atoms with E-state index in [0.717, 1.165) is 11.0 Å². The third-order valence-electron chi connectivity index (χ3n) is 2.62. The molecule has 1 fully saturated rings. The Bertz CT molecular complexity index is 217. The molecule has 14 heavy (non-hydrogen) atoms. The first-order valence-corrected chi connectivity index (χ1v) is 6.32. The van der Waals surface area contributed by atoms with Crippen LogP contribution in [0, 0.1) is 0 Å². The van der Waals surface area contributed by atoms with Gasteiger partial charge in [-0.1, -0.05) is 25.8 Å². The zero-order valence-electron chi connectivity index (χ0n) is 8.66. The summed E-state index contributed by atoms with van der Waals surface area (Å²) in [6.07, 6.45) is 7.81. The van der Waals surface area contributed by atoms with Crippen molar-refractivity contribution in [3.8, 4) is 0 Å². The predicted molar refractivity (Wildman–Crippen MR) is 60.7 cm³/mol. The van der Waals surface area contributed by atoms with Crippen LogP contribution in [0.25, 0.3) is 0 Å². The third kappa shape index (κ3) is 3.74. The van der Waals surface area contributed by atoms with Crippen LogP contribution >= 0.6 is 11.8 Å². The Morgan fingerprint density at radius 2 is 2.14 bits per heavy atom. The number of hydrogen-bond acceptors (Lipinski definition) is 2. The summed E-state index contributed by atoms with van der Waals surface area (Å²) in [7, 11) is 0. The summed E-state index contributed by atoms with van der Waals surface area (Å²) in [5, 5.41) is 9.56. The fourth-order valence-electron chi connectivity index (χ4n) is 1.72. The number of hydrogen-bond donors (Lipinski definition) is 1. The molecule has 0 heterocycles. The molecule has 0 radical (unpaired) electrons. The maximum atomic E-state index is 10.7. The fourth-order valence-corrected chi connectivity index (χ4v) is 2.96. The lowest BCUT2D eigenvalue weighted by Gasteiger charge is -2.06. The molecule has 0 amide bonds. The normalized spacial score (nSPS) is 18.8. The van der Waals surface area contributed by atoms with Crippen LogP contribution in [0.5, 0.6) is 0 Å². The van der Waals surface area contributed by atoms with Gasteiger partial charge in [-0.05, 0) is 19.3 Å². The van der Waals surface area contributed by atoms with Crippen molar-refractivity contribution in [2.24, 2.45) is 0 Å².